The van der Waals surface area contributed by atoms with Crippen LogP contribution in [0.2, 0.25) is 18.1 Å². The van der Waals surface area contributed by atoms with Gasteiger partial charge in [0.1, 0.15) is 6.10 Å². The third-order valence-corrected chi connectivity index (χ3v) is 8.74. The summed E-state index contributed by atoms with van der Waals surface area (Å²) < 4.78 is 6.34. The van der Waals surface area contributed by atoms with Crippen LogP contribution in [0, 0.1) is 18.3 Å². The lowest BCUT2D eigenvalue weighted by Crippen LogP contribution is -2.44. The van der Waals surface area contributed by atoms with E-state index in [-0.39, 0.29) is 11.1 Å². The van der Waals surface area contributed by atoms with Crippen molar-refractivity contribution >= 4 is 8.32 Å². The molecule has 2 atom stereocenters. The lowest BCUT2D eigenvalue weighted by Gasteiger charge is -2.38. The lowest BCUT2D eigenvalue weighted by atomic mass is 9.98. The maximum absolute atomic E-state index is 6.34. The van der Waals surface area contributed by atoms with Crippen LogP contribution in [0.15, 0.2) is 11.6 Å². The number of hydrogen-bond donors (Lipinski definition) is 0. The minimum Gasteiger partial charge on any atom is -0.403 e. The molecule has 0 fully saturated rings. The average molecular weight is 295 g/mol. The van der Waals surface area contributed by atoms with E-state index in [1.165, 1.54) is 12.0 Å². The molecule has 0 amide bonds. The number of rotatable bonds is 7. The molecule has 0 radical (unpaired) electrons. The van der Waals surface area contributed by atoms with Gasteiger partial charge in [-0.3, -0.25) is 0 Å². The van der Waals surface area contributed by atoms with E-state index in [1.807, 2.05) is 0 Å². The van der Waals surface area contributed by atoms with Gasteiger partial charge in [0.15, 0.2) is 8.32 Å². The Morgan fingerprint density at radius 2 is 1.85 bits per heavy atom. The van der Waals surface area contributed by atoms with E-state index in [0.717, 1.165) is 12.8 Å². The smallest absolute Gasteiger partial charge is 0.193 e. The summed E-state index contributed by atoms with van der Waals surface area (Å²) in [5.41, 5.74) is 1.39. The highest BCUT2D eigenvalue weighted by atomic mass is 28.4. The van der Waals surface area contributed by atoms with Gasteiger partial charge in [0.05, 0.1) is 0 Å². The predicted molar refractivity (Wildman–Crippen MR) is 93.3 cm³/mol. The van der Waals surface area contributed by atoms with Gasteiger partial charge in [-0.05, 0) is 57.2 Å². The Balaban J connectivity index is 4.43. The highest BCUT2D eigenvalue weighted by Gasteiger charge is 2.39. The molecule has 0 spiro atoms. The van der Waals surface area contributed by atoms with E-state index in [4.69, 9.17) is 10.8 Å². The zero-order valence-electron chi connectivity index (χ0n) is 14.8. The van der Waals surface area contributed by atoms with Gasteiger partial charge in [-0.2, -0.15) is 0 Å². The first-order valence-electron chi connectivity index (χ1n) is 7.77. The van der Waals surface area contributed by atoms with Crippen LogP contribution in [0.4, 0.5) is 0 Å². The molecule has 0 rings (SSSR count). The molecule has 0 N–H and O–H groups in total. The topological polar surface area (TPSA) is 9.23 Å². The standard InChI is InChI=1S/C18H34OSi/c1-10-17(19-20(8,9)18(5,6)7)14-16(4)13-11-12-15(2)3/h1,12,16-17H,11,13-14H2,2-9H3/t16?,17-/m1/s1. The molecule has 20 heavy (non-hydrogen) atoms. The molecular formula is C18H34OSi. The average Bonchev–Trinajstić information content (AvgIpc) is 2.25. The van der Waals surface area contributed by atoms with Crippen molar-refractivity contribution in [2.75, 3.05) is 0 Å². The Bertz CT molecular complexity index is 351. The van der Waals surface area contributed by atoms with Crippen LogP contribution in [-0.2, 0) is 4.43 Å². The van der Waals surface area contributed by atoms with Crippen LogP contribution in [0.5, 0.6) is 0 Å². The van der Waals surface area contributed by atoms with Gasteiger partial charge < -0.3 is 4.43 Å². The maximum Gasteiger partial charge on any atom is 0.193 e. The Hall–Kier alpha value is -0.523. The van der Waals surface area contributed by atoms with Crippen molar-refractivity contribution in [3.63, 3.8) is 0 Å². The summed E-state index contributed by atoms with van der Waals surface area (Å²) in [5.74, 6) is 3.47. The van der Waals surface area contributed by atoms with Crippen molar-refractivity contribution in [3.05, 3.63) is 11.6 Å². The summed E-state index contributed by atoms with van der Waals surface area (Å²) in [4.78, 5) is 0. The van der Waals surface area contributed by atoms with E-state index in [2.05, 4.69) is 66.6 Å². The molecule has 0 bridgehead atoms. The molecule has 0 aliphatic heterocycles. The molecule has 0 heterocycles. The van der Waals surface area contributed by atoms with Gasteiger partial charge in [-0.1, -0.05) is 45.3 Å². The first-order valence-corrected chi connectivity index (χ1v) is 10.7. The normalized spacial score (nSPS) is 15.3. The first-order chi connectivity index (χ1) is 8.99. The highest BCUT2D eigenvalue weighted by molar-refractivity contribution is 6.74. The molecule has 0 aliphatic carbocycles. The van der Waals surface area contributed by atoms with Gasteiger partial charge >= 0.3 is 0 Å². The molecule has 0 aromatic heterocycles. The van der Waals surface area contributed by atoms with Crippen molar-refractivity contribution in [1.29, 1.82) is 0 Å². The Kier molecular flexibility index (Phi) is 7.84. The van der Waals surface area contributed by atoms with Gasteiger partial charge in [0.25, 0.3) is 0 Å². The molecular weight excluding hydrogens is 260 g/mol. The van der Waals surface area contributed by atoms with E-state index in [0.29, 0.717) is 5.92 Å². The zero-order chi connectivity index (χ0) is 16.0. The third kappa shape index (κ3) is 7.31. The second-order valence-corrected chi connectivity index (χ2v) is 12.5. The van der Waals surface area contributed by atoms with Crippen molar-refractivity contribution < 1.29 is 4.43 Å². The molecule has 1 unspecified atom stereocenters. The van der Waals surface area contributed by atoms with E-state index < -0.39 is 8.32 Å². The minimum atomic E-state index is -1.76. The third-order valence-electron chi connectivity index (χ3n) is 4.26. The largest absolute Gasteiger partial charge is 0.403 e. The second-order valence-electron chi connectivity index (χ2n) is 7.73. The quantitative estimate of drug-likeness (QED) is 0.328. The van der Waals surface area contributed by atoms with Gasteiger partial charge in [0, 0.05) is 0 Å². The summed E-state index contributed by atoms with van der Waals surface area (Å²) in [6, 6.07) is 0. The minimum absolute atomic E-state index is 0.0300. The van der Waals surface area contributed by atoms with Crippen LogP contribution in [0.3, 0.4) is 0 Å². The molecule has 1 nitrogen and oxygen atoms in total. The van der Waals surface area contributed by atoms with Crippen LogP contribution in [0.25, 0.3) is 0 Å². The molecule has 2 heteroatoms. The van der Waals surface area contributed by atoms with Crippen LogP contribution in [-0.4, -0.2) is 14.4 Å². The van der Waals surface area contributed by atoms with Gasteiger partial charge in [-0.25, -0.2) is 0 Å². The van der Waals surface area contributed by atoms with Crippen LogP contribution >= 0.6 is 0 Å². The highest BCUT2D eigenvalue weighted by Crippen LogP contribution is 2.37. The summed E-state index contributed by atoms with van der Waals surface area (Å²) >= 11 is 0. The van der Waals surface area contributed by atoms with Crippen molar-refractivity contribution in [2.45, 2.75) is 85.0 Å². The molecule has 0 saturated heterocycles. The monoisotopic (exact) mass is 294 g/mol. The van der Waals surface area contributed by atoms with E-state index in [1.54, 1.807) is 0 Å². The summed E-state index contributed by atoms with van der Waals surface area (Å²) in [5, 5.41) is 0.216. The van der Waals surface area contributed by atoms with E-state index >= 15 is 0 Å². The predicted octanol–water partition coefficient (Wildman–Crippen LogP) is 5.78. The Morgan fingerprint density at radius 1 is 1.30 bits per heavy atom. The molecule has 0 saturated carbocycles. The number of allylic oxidation sites excluding steroid dienone is 2. The molecule has 116 valence electrons. The fourth-order valence-corrected chi connectivity index (χ4v) is 3.05. The Morgan fingerprint density at radius 3 is 2.25 bits per heavy atom. The summed E-state index contributed by atoms with van der Waals surface area (Å²) in [6.45, 7) is 17.9. The SMILES string of the molecule is C#C[C@H](CC(C)CCC=C(C)C)O[Si](C)(C)C(C)(C)C. The Labute approximate surface area is 128 Å². The summed E-state index contributed by atoms with van der Waals surface area (Å²) in [7, 11) is -1.76. The van der Waals surface area contributed by atoms with Crippen LogP contribution in [0.1, 0.15) is 60.8 Å². The van der Waals surface area contributed by atoms with Crippen molar-refractivity contribution in [1.82, 2.24) is 0 Å². The molecule has 0 aromatic rings. The number of hydrogen-bond acceptors (Lipinski definition) is 1. The van der Waals surface area contributed by atoms with Gasteiger partial charge in [0.2, 0.25) is 0 Å². The fraction of sp³-hybridized carbons (Fsp3) is 0.778. The fourth-order valence-electron chi connectivity index (χ4n) is 1.82. The van der Waals surface area contributed by atoms with Crippen molar-refractivity contribution in [2.24, 2.45) is 5.92 Å². The maximum atomic E-state index is 6.34. The lowest BCUT2D eigenvalue weighted by molar-refractivity contribution is 0.200. The molecule has 0 aromatic carbocycles. The van der Waals surface area contributed by atoms with Crippen molar-refractivity contribution in [3.8, 4) is 12.3 Å². The zero-order valence-corrected chi connectivity index (χ0v) is 15.8. The number of terminal acetylenes is 1. The summed E-state index contributed by atoms with van der Waals surface area (Å²) in [6.07, 6.45) is 11.3. The molecule has 0 aliphatic rings. The van der Waals surface area contributed by atoms with Crippen LogP contribution < -0.4 is 0 Å². The van der Waals surface area contributed by atoms with E-state index in [9.17, 15) is 0 Å². The van der Waals surface area contributed by atoms with Gasteiger partial charge in [-0.15, -0.1) is 6.42 Å². The first kappa shape index (κ1) is 19.5. The second kappa shape index (κ2) is 8.05.